The van der Waals surface area contributed by atoms with E-state index in [1.807, 2.05) is 20.8 Å². The van der Waals surface area contributed by atoms with Gasteiger partial charge in [0.1, 0.15) is 11.9 Å². The summed E-state index contributed by atoms with van der Waals surface area (Å²) in [7, 11) is 0. The van der Waals surface area contributed by atoms with Gasteiger partial charge in [-0.05, 0) is 27.2 Å². The molecule has 0 bridgehead atoms. The normalized spacial score (nSPS) is 13.5. The quantitative estimate of drug-likeness (QED) is 0.498. The lowest BCUT2D eigenvalue weighted by atomic mass is 10.1. The van der Waals surface area contributed by atoms with E-state index in [0.29, 0.717) is 12.8 Å². The number of esters is 1. The van der Waals surface area contributed by atoms with Gasteiger partial charge in [-0.1, -0.05) is 6.92 Å². The summed E-state index contributed by atoms with van der Waals surface area (Å²) in [5, 5.41) is 0. The molecule has 0 aromatic heterocycles. The Morgan fingerprint density at radius 1 is 1.46 bits per heavy atom. The molecule has 0 aromatic rings. The van der Waals surface area contributed by atoms with E-state index in [9.17, 15) is 9.59 Å². The maximum Gasteiger partial charge on any atom is 0.306 e. The van der Waals surface area contributed by atoms with Crippen LogP contribution in [-0.4, -0.2) is 17.9 Å². The molecule has 0 N–H and O–H groups in total. The van der Waals surface area contributed by atoms with E-state index in [1.165, 1.54) is 0 Å². The average Bonchev–Trinajstić information content (AvgIpc) is 1.97. The summed E-state index contributed by atoms with van der Waals surface area (Å²) in [5.41, 5.74) is -0.429. The van der Waals surface area contributed by atoms with Crippen LogP contribution in [0.25, 0.3) is 0 Å². The van der Waals surface area contributed by atoms with Crippen molar-refractivity contribution in [3.05, 3.63) is 0 Å². The Bertz CT molecular complexity index is 179. The molecule has 0 aromatic carbocycles. The van der Waals surface area contributed by atoms with E-state index >= 15 is 0 Å². The van der Waals surface area contributed by atoms with Gasteiger partial charge in [0.15, 0.2) is 0 Å². The maximum atomic E-state index is 11.1. The standard InChI is InChI=1S/C10H18O3/c1-8(7-11)5-6-9(12)13-10(2,3)4/h7-8H,5-6H2,1-4H3. The van der Waals surface area contributed by atoms with Crippen LogP contribution in [0, 0.1) is 5.92 Å². The van der Waals surface area contributed by atoms with Crippen molar-refractivity contribution in [3.63, 3.8) is 0 Å². The van der Waals surface area contributed by atoms with Gasteiger partial charge in [0, 0.05) is 12.3 Å². The average molecular weight is 186 g/mol. The summed E-state index contributed by atoms with van der Waals surface area (Å²) < 4.78 is 5.08. The highest BCUT2D eigenvalue weighted by Gasteiger charge is 2.16. The highest BCUT2D eigenvalue weighted by Crippen LogP contribution is 2.10. The second kappa shape index (κ2) is 5.00. The molecule has 13 heavy (non-hydrogen) atoms. The molecule has 3 heteroatoms. The summed E-state index contributed by atoms with van der Waals surface area (Å²) >= 11 is 0. The van der Waals surface area contributed by atoms with Crippen molar-refractivity contribution >= 4 is 12.3 Å². The summed E-state index contributed by atoms with van der Waals surface area (Å²) in [6, 6.07) is 0. The van der Waals surface area contributed by atoms with Gasteiger partial charge in [-0.2, -0.15) is 0 Å². The smallest absolute Gasteiger partial charge is 0.306 e. The van der Waals surface area contributed by atoms with Crippen LogP contribution in [0.2, 0.25) is 0 Å². The van der Waals surface area contributed by atoms with Gasteiger partial charge in [0.25, 0.3) is 0 Å². The Labute approximate surface area is 79.5 Å². The van der Waals surface area contributed by atoms with Crippen LogP contribution in [0.4, 0.5) is 0 Å². The first-order valence-corrected chi connectivity index (χ1v) is 4.52. The fourth-order valence-corrected chi connectivity index (χ4v) is 0.806. The molecule has 1 atom stereocenters. The first kappa shape index (κ1) is 12.1. The zero-order valence-corrected chi connectivity index (χ0v) is 8.79. The molecule has 0 radical (unpaired) electrons. The second-order valence-corrected chi connectivity index (χ2v) is 4.24. The van der Waals surface area contributed by atoms with Crippen molar-refractivity contribution in [2.45, 2.75) is 46.1 Å². The van der Waals surface area contributed by atoms with Crippen LogP contribution >= 0.6 is 0 Å². The van der Waals surface area contributed by atoms with Gasteiger partial charge in [0.2, 0.25) is 0 Å². The largest absolute Gasteiger partial charge is 0.460 e. The molecule has 0 amide bonds. The molecule has 0 aliphatic rings. The molecule has 0 saturated heterocycles. The van der Waals surface area contributed by atoms with Gasteiger partial charge in [-0.3, -0.25) is 4.79 Å². The summed E-state index contributed by atoms with van der Waals surface area (Å²) in [6.07, 6.45) is 1.74. The van der Waals surface area contributed by atoms with Crippen LogP contribution in [0.5, 0.6) is 0 Å². The SMILES string of the molecule is CC(C=O)CCC(=O)OC(C)(C)C. The van der Waals surface area contributed by atoms with E-state index in [1.54, 1.807) is 6.92 Å². The Morgan fingerprint density at radius 3 is 2.38 bits per heavy atom. The molecule has 1 unspecified atom stereocenters. The van der Waals surface area contributed by atoms with Crippen molar-refractivity contribution in [1.82, 2.24) is 0 Å². The zero-order chi connectivity index (χ0) is 10.5. The Morgan fingerprint density at radius 2 is 2.00 bits per heavy atom. The Balaban J connectivity index is 3.70. The first-order chi connectivity index (χ1) is 5.85. The van der Waals surface area contributed by atoms with Crippen molar-refractivity contribution in [3.8, 4) is 0 Å². The number of aldehydes is 1. The molecule has 3 nitrogen and oxygen atoms in total. The lowest BCUT2D eigenvalue weighted by Crippen LogP contribution is -2.24. The van der Waals surface area contributed by atoms with E-state index in [-0.39, 0.29) is 11.9 Å². The van der Waals surface area contributed by atoms with Crippen LogP contribution in [0.15, 0.2) is 0 Å². The highest BCUT2D eigenvalue weighted by atomic mass is 16.6. The lowest BCUT2D eigenvalue weighted by molar-refractivity contribution is -0.155. The van der Waals surface area contributed by atoms with Gasteiger partial charge >= 0.3 is 5.97 Å². The van der Waals surface area contributed by atoms with Gasteiger partial charge in [-0.15, -0.1) is 0 Å². The highest BCUT2D eigenvalue weighted by molar-refractivity contribution is 5.70. The first-order valence-electron chi connectivity index (χ1n) is 4.52. The molecule has 0 heterocycles. The summed E-state index contributed by atoms with van der Waals surface area (Å²) in [5.74, 6) is -0.297. The number of ether oxygens (including phenoxy) is 1. The number of hydrogen-bond donors (Lipinski definition) is 0. The van der Waals surface area contributed by atoms with E-state index in [2.05, 4.69) is 0 Å². The molecule has 0 aliphatic carbocycles. The Kier molecular flexibility index (Phi) is 4.67. The van der Waals surface area contributed by atoms with Crippen LogP contribution in [-0.2, 0) is 14.3 Å². The van der Waals surface area contributed by atoms with E-state index in [4.69, 9.17) is 4.74 Å². The third-order valence-electron chi connectivity index (χ3n) is 1.46. The van der Waals surface area contributed by atoms with E-state index in [0.717, 1.165) is 6.29 Å². The number of rotatable bonds is 4. The third-order valence-corrected chi connectivity index (χ3v) is 1.46. The maximum absolute atomic E-state index is 11.1. The fourth-order valence-electron chi connectivity index (χ4n) is 0.806. The van der Waals surface area contributed by atoms with Gasteiger partial charge in [0.05, 0.1) is 0 Å². The summed E-state index contributed by atoms with van der Waals surface area (Å²) in [4.78, 5) is 21.4. The zero-order valence-electron chi connectivity index (χ0n) is 8.79. The van der Waals surface area contributed by atoms with E-state index < -0.39 is 5.60 Å². The molecular formula is C10H18O3. The van der Waals surface area contributed by atoms with Crippen LogP contribution in [0.1, 0.15) is 40.5 Å². The monoisotopic (exact) mass is 186 g/mol. The van der Waals surface area contributed by atoms with Gasteiger partial charge < -0.3 is 9.53 Å². The lowest BCUT2D eigenvalue weighted by Gasteiger charge is -2.19. The Hall–Kier alpha value is -0.860. The topological polar surface area (TPSA) is 43.4 Å². The van der Waals surface area contributed by atoms with Crippen molar-refractivity contribution in [2.75, 3.05) is 0 Å². The summed E-state index contributed by atoms with van der Waals surface area (Å²) in [6.45, 7) is 7.27. The minimum atomic E-state index is -0.429. The molecular weight excluding hydrogens is 168 g/mol. The molecule has 76 valence electrons. The predicted molar refractivity (Wildman–Crippen MR) is 50.3 cm³/mol. The molecule has 0 spiro atoms. The molecule has 0 rings (SSSR count). The molecule has 0 fully saturated rings. The number of carbonyl (C=O) groups excluding carboxylic acids is 2. The number of carbonyl (C=O) groups is 2. The van der Waals surface area contributed by atoms with Crippen molar-refractivity contribution in [2.24, 2.45) is 5.92 Å². The fraction of sp³-hybridized carbons (Fsp3) is 0.800. The number of hydrogen-bond acceptors (Lipinski definition) is 3. The molecule has 0 saturated carbocycles. The van der Waals surface area contributed by atoms with Crippen molar-refractivity contribution < 1.29 is 14.3 Å². The van der Waals surface area contributed by atoms with Gasteiger partial charge in [-0.25, -0.2) is 0 Å². The van der Waals surface area contributed by atoms with Crippen LogP contribution < -0.4 is 0 Å². The predicted octanol–water partition coefficient (Wildman–Crippen LogP) is 1.94. The minimum Gasteiger partial charge on any atom is -0.460 e. The molecule has 0 aliphatic heterocycles. The minimum absolute atomic E-state index is 0.0625. The van der Waals surface area contributed by atoms with Crippen LogP contribution in [0.3, 0.4) is 0 Å². The van der Waals surface area contributed by atoms with Crippen molar-refractivity contribution in [1.29, 1.82) is 0 Å². The third kappa shape index (κ3) is 7.50. The second-order valence-electron chi connectivity index (χ2n) is 4.24.